The first-order chi connectivity index (χ1) is 8.98. The van der Waals surface area contributed by atoms with Crippen LogP contribution in [0, 0.1) is 11.5 Å². The summed E-state index contributed by atoms with van der Waals surface area (Å²) in [5.41, 5.74) is 0.283. The van der Waals surface area contributed by atoms with Gasteiger partial charge in [-0.3, -0.25) is 4.79 Å². The van der Waals surface area contributed by atoms with Crippen LogP contribution in [-0.4, -0.2) is 17.3 Å². The summed E-state index contributed by atoms with van der Waals surface area (Å²) < 4.78 is 13.5. The predicted molar refractivity (Wildman–Crippen MR) is 84.1 cm³/mol. The Morgan fingerprint density at radius 1 is 1.25 bits per heavy atom. The fourth-order valence-electron chi connectivity index (χ4n) is 2.40. The molecule has 109 valence electrons. The number of carbonyl (C=O) groups is 1. The van der Waals surface area contributed by atoms with Gasteiger partial charge >= 0.3 is 0 Å². The molecule has 0 fully saturated rings. The van der Waals surface area contributed by atoms with Gasteiger partial charge in [0.15, 0.2) is 0 Å². The van der Waals surface area contributed by atoms with Gasteiger partial charge in [-0.2, -0.15) is 0 Å². The van der Waals surface area contributed by atoms with Crippen molar-refractivity contribution in [3.05, 3.63) is 24.3 Å². The van der Waals surface area contributed by atoms with Crippen LogP contribution in [0.1, 0.15) is 41.5 Å². The van der Waals surface area contributed by atoms with Gasteiger partial charge in [0.25, 0.3) is 0 Å². The summed E-state index contributed by atoms with van der Waals surface area (Å²) in [6, 6.07) is 8.63. The molecule has 1 aromatic carbocycles. The number of amides is 1. The summed E-state index contributed by atoms with van der Waals surface area (Å²) in [5.74, 6) is 0.0142. The standard InChI is InChI=1S/C16H23NO2P/c1-15(2,3)14(18)17-11-20(19,16(4,5)6)13-10-8-7-9-12(13)17/h7-9H,11H2,1-6H3. The minimum atomic E-state index is -2.67. The highest BCUT2D eigenvalue weighted by Crippen LogP contribution is 2.62. The van der Waals surface area contributed by atoms with E-state index in [1.165, 1.54) is 0 Å². The molecule has 3 nitrogen and oxygen atoms in total. The monoisotopic (exact) mass is 292 g/mol. The normalized spacial score (nSPS) is 22.8. The Labute approximate surface area is 121 Å². The van der Waals surface area contributed by atoms with E-state index in [0.717, 1.165) is 11.0 Å². The van der Waals surface area contributed by atoms with Crippen LogP contribution in [0.4, 0.5) is 5.69 Å². The minimum Gasteiger partial charge on any atom is -0.316 e. The third-order valence-corrected chi connectivity index (χ3v) is 7.70. The number of hydrogen-bond acceptors (Lipinski definition) is 2. The largest absolute Gasteiger partial charge is 0.316 e. The Hall–Kier alpha value is -1.08. The topological polar surface area (TPSA) is 37.4 Å². The Kier molecular flexibility index (Phi) is 3.41. The van der Waals surface area contributed by atoms with Gasteiger partial charge in [-0.1, -0.05) is 53.7 Å². The molecule has 1 radical (unpaired) electrons. The first kappa shape index (κ1) is 15.3. The number of anilines is 1. The van der Waals surface area contributed by atoms with Crippen LogP contribution in [0.25, 0.3) is 0 Å². The molecule has 1 heterocycles. The predicted octanol–water partition coefficient (Wildman–Crippen LogP) is 3.62. The summed E-state index contributed by atoms with van der Waals surface area (Å²) >= 11 is 0. The van der Waals surface area contributed by atoms with E-state index in [0.29, 0.717) is 6.29 Å². The van der Waals surface area contributed by atoms with Gasteiger partial charge in [0, 0.05) is 15.9 Å². The van der Waals surface area contributed by atoms with Crippen molar-refractivity contribution in [1.29, 1.82) is 0 Å². The van der Waals surface area contributed by atoms with E-state index in [9.17, 15) is 9.36 Å². The average molecular weight is 292 g/mol. The second-order valence-electron chi connectivity index (χ2n) is 7.44. The summed E-state index contributed by atoms with van der Waals surface area (Å²) in [4.78, 5) is 14.3. The molecule has 20 heavy (non-hydrogen) atoms. The van der Waals surface area contributed by atoms with Crippen LogP contribution in [0.2, 0.25) is 0 Å². The van der Waals surface area contributed by atoms with Crippen molar-refractivity contribution >= 4 is 24.0 Å². The summed E-state index contributed by atoms with van der Waals surface area (Å²) in [6.07, 6.45) is 0.294. The van der Waals surface area contributed by atoms with Crippen molar-refractivity contribution in [3.8, 4) is 0 Å². The van der Waals surface area contributed by atoms with Crippen molar-refractivity contribution in [2.24, 2.45) is 5.41 Å². The second-order valence-corrected chi connectivity index (χ2v) is 11.0. The summed E-state index contributed by atoms with van der Waals surface area (Å²) in [6.45, 7) is 11.6. The fraction of sp³-hybridized carbons (Fsp3) is 0.562. The number of fused-ring (bicyclic) bond motifs is 1. The molecule has 1 aromatic rings. The lowest BCUT2D eigenvalue weighted by molar-refractivity contribution is -0.125. The molecule has 1 amide bonds. The molecule has 0 bridgehead atoms. The average Bonchev–Trinajstić information content (AvgIpc) is 2.62. The van der Waals surface area contributed by atoms with Gasteiger partial charge in [0.1, 0.15) is 7.14 Å². The van der Waals surface area contributed by atoms with E-state index >= 15 is 0 Å². The molecule has 0 saturated heterocycles. The lowest BCUT2D eigenvalue weighted by Crippen LogP contribution is -2.38. The van der Waals surface area contributed by atoms with Gasteiger partial charge in [0.2, 0.25) is 5.91 Å². The molecule has 0 aromatic heterocycles. The zero-order chi connectivity index (χ0) is 15.3. The maximum Gasteiger partial charge on any atom is 0.232 e. The number of nitrogens with zero attached hydrogens (tertiary/aromatic N) is 1. The first-order valence-electron chi connectivity index (χ1n) is 6.91. The molecule has 0 aliphatic carbocycles. The molecule has 0 N–H and O–H groups in total. The zero-order valence-electron chi connectivity index (χ0n) is 13.2. The molecule has 0 saturated carbocycles. The van der Waals surface area contributed by atoms with Gasteiger partial charge in [-0.05, 0) is 12.1 Å². The number of rotatable bonds is 0. The number of hydrogen-bond donors (Lipinski definition) is 0. The first-order valence-corrected chi connectivity index (χ1v) is 8.80. The maximum atomic E-state index is 13.5. The quantitative estimate of drug-likeness (QED) is 0.685. The Balaban J connectivity index is 2.59. The van der Waals surface area contributed by atoms with Gasteiger partial charge in [-0.15, -0.1) is 0 Å². The number of benzene rings is 1. The smallest absolute Gasteiger partial charge is 0.232 e. The van der Waals surface area contributed by atoms with Crippen LogP contribution in [0.15, 0.2) is 18.2 Å². The molecule has 2 rings (SSSR count). The van der Waals surface area contributed by atoms with Crippen LogP contribution < -0.4 is 10.2 Å². The summed E-state index contributed by atoms with van der Waals surface area (Å²) in [5, 5.41) is 0.358. The van der Waals surface area contributed by atoms with Crippen molar-refractivity contribution in [2.45, 2.75) is 46.7 Å². The van der Waals surface area contributed by atoms with E-state index in [-0.39, 0.29) is 11.1 Å². The van der Waals surface area contributed by atoms with Crippen LogP contribution >= 0.6 is 7.14 Å². The highest BCUT2D eigenvalue weighted by molar-refractivity contribution is 7.74. The lowest BCUT2D eigenvalue weighted by atomic mass is 9.95. The maximum absolute atomic E-state index is 13.5. The molecule has 1 aliphatic rings. The minimum absolute atomic E-state index is 0.0142. The van der Waals surface area contributed by atoms with E-state index in [1.807, 2.05) is 53.7 Å². The van der Waals surface area contributed by atoms with Gasteiger partial charge in [0.05, 0.1) is 12.0 Å². The van der Waals surface area contributed by atoms with Crippen molar-refractivity contribution < 1.29 is 9.36 Å². The molecule has 1 aliphatic heterocycles. The molecule has 4 heteroatoms. The van der Waals surface area contributed by atoms with Crippen molar-refractivity contribution in [2.75, 3.05) is 11.2 Å². The van der Waals surface area contributed by atoms with E-state index in [4.69, 9.17) is 0 Å². The van der Waals surface area contributed by atoms with Gasteiger partial charge < -0.3 is 9.46 Å². The van der Waals surface area contributed by atoms with Crippen molar-refractivity contribution in [3.63, 3.8) is 0 Å². The lowest BCUT2D eigenvalue weighted by Gasteiger charge is -2.30. The Bertz CT molecular complexity index is 593. The molecular weight excluding hydrogens is 269 g/mol. The number of carbonyl (C=O) groups excluding carboxylic acids is 1. The second kappa shape index (κ2) is 4.46. The Morgan fingerprint density at radius 3 is 2.35 bits per heavy atom. The SMILES string of the molecule is CC(C)(C)C(=O)N1CP(=O)(C(C)(C)C)c2[c]cccc21. The molecule has 1 atom stereocenters. The molecule has 1 unspecified atom stereocenters. The highest BCUT2D eigenvalue weighted by atomic mass is 31.2. The van der Waals surface area contributed by atoms with E-state index < -0.39 is 12.6 Å². The van der Waals surface area contributed by atoms with Gasteiger partial charge in [-0.25, -0.2) is 0 Å². The molecule has 0 spiro atoms. The Morgan fingerprint density at radius 2 is 1.85 bits per heavy atom. The van der Waals surface area contributed by atoms with Crippen LogP contribution in [0.3, 0.4) is 0 Å². The zero-order valence-corrected chi connectivity index (χ0v) is 14.0. The highest BCUT2D eigenvalue weighted by Gasteiger charge is 2.49. The fourth-order valence-corrected chi connectivity index (χ4v) is 5.16. The summed E-state index contributed by atoms with van der Waals surface area (Å²) in [7, 11) is -2.67. The van der Waals surface area contributed by atoms with Crippen LogP contribution in [0.5, 0.6) is 0 Å². The van der Waals surface area contributed by atoms with Crippen LogP contribution in [-0.2, 0) is 9.36 Å². The third-order valence-electron chi connectivity index (χ3n) is 3.78. The third kappa shape index (κ3) is 2.22. The van der Waals surface area contributed by atoms with E-state index in [2.05, 4.69) is 6.07 Å². The van der Waals surface area contributed by atoms with Crippen molar-refractivity contribution in [1.82, 2.24) is 0 Å². The molecular formula is C16H23NO2P. The van der Waals surface area contributed by atoms with E-state index in [1.54, 1.807) is 11.0 Å².